The summed E-state index contributed by atoms with van der Waals surface area (Å²) in [6.07, 6.45) is 1.23. The predicted octanol–water partition coefficient (Wildman–Crippen LogP) is 2.05. The molecular formula is C12H9Cl2N5O2. The fourth-order valence-corrected chi connectivity index (χ4v) is 2.42. The van der Waals surface area contributed by atoms with E-state index in [0.29, 0.717) is 15.7 Å². The second-order valence-corrected chi connectivity index (χ2v) is 5.25. The summed E-state index contributed by atoms with van der Waals surface area (Å²) in [6.45, 7) is 0. The van der Waals surface area contributed by atoms with E-state index in [-0.39, 0.29) is 24.2 Å². The molecule has 108 valence electrons. The Kier molecular flexibility index (Phi) is 3.52. The van der Waals surface area contributed by atoms with Crippen molar-refractivity contribution < 1.29 is 9.59 Å². The van der Waals surface area contributed by atoms with Crippen molar-refractivity contribution in [1.82, 2.24) is 14.8 Å². The van der Waals surface area contributed by atoms with Crippen LogP contribution in [-0.2, 0) is 4.79 Å². The standard InChI is InChI=1S/C12H9Cl2N5O2/c13-6-1-2-8(7(14)3-6)17-11(21)9-4-10(20)19-12(18-9)15-5-16-19/h1-3,5,9H,4H2,(H,17,21)(H,15,16,18)/t9-/m1/s1. The Balaban J connectivity index is 1.76. The van der Waals surface area contributed by atoms with Gasteiger partial charge in [0.25, 0.3) is 5.91 Å². The average Bonchev–Trinajstić information content (AvgIpc) is 2.90. The average molecular weight is 326 g/mol. The number of carbonyl (C=O) groups is 2. The van der Waals surface area contributed by atoms with Crippen LogP contribution in [-0.4, -0.2) is 32.6 Å². The van der Waals surface area contributed by atoms with Crippen LogP contribution < -0.4 is 10.6 Å². The number of rotatable bonds is 2. The molecule has 0 unspecified atom stereocenters. The van der Waals surface area contributed by atoms with Gasteiger partial charge in [-0.25, -0.2) is 0 Å². The fraction of sp³-hybridized carbons (Fsp3) is 0.167. The Bertz CT molecular complexity index is 730. The molecule has 0 bridgehead atoms. The third-order valence-electron chi connectivity index (χ3n) is 2.97. The zero-order chi connectivity index (χ0) is 15.0. The first-order chi connectivity index (χ1) is 10.0. The number of halogens is 2. The number of nitrogens with zero attached hydrogens (tertiary/aromatic N) is 3. The number of carbonyl (C=O) groups excluding carboxylic acids is 2. The van der Waals surface area contributed by atoms with Crippen molar-refractivity contribution in [2.75, 3.05) is 10.6 Å². The highest BCUT2D eigenvalue weighted by molar-refractivity contribution is 6.36. The number of nitrogens with one attached hydrogen (secondary N) is 2. The number of amides is 1. The predicted molar refractivity (Wildman–Crippen MR) is 77.8 cm³/mol. The van der Waals surface area contributed by atoms with Gasteiger partial charge in [0.2, 0.25) is 11.9 Å². The second-order valence-electron chi connectivity index (χ2n) is 4.40. The van der Waals surface area contributed by atoms with Crippen LogP contribution in [0, 0.1) is 0 Å². The smallest absolute Gasteiger partial charge is 0.252 e. The zero-order valence-electron chi connectivity index (χ0n) is 10.5. The highest BCUT2D eigenvalue weighted by Gasteiger charge is 2.30. The Labute approximate surface area is 129 Å². The van der Waals surface area contributed by atoms with Crippen LogP contribution in [0.25, 0.3) is 0 Å². The molecule has 2 aromatic rings. The lowest BCUT2D eigenvalue weighted by Crippen LogP contribution is -2.42. The number of hydrogen-bond donors (Lipinski definition) is 2. The van der Waals surface area contributed by atoms with Crippen LogP contribution in [0.1, 0.15) is 11.2 Å². The van der Waals surface area contributed by atoms with Crippen LogP contribution in [0.15, 0.2) is 24.5 Å². The zero-order valence-corrected chi connectivity index (χ0v) is 12.0. The van der Waals surface area contributed by atoms with Crippen molar-refractivity contribution in [2.45, 2.75) is 12.5 Å². The molecule has 1 aromatic carbocycles. The maximum absolute atomic E-state index is 12.2. The minimum absolute atomic E-state index is 0.0204. The van der Waals surface area contributed by atoms with Gasteiger partial charge in [0.1, 0.15) is 12.4 Å². The lowest BCUT2D eigenvalue weighted by molar-refractivity contribution is -0.117. The van der Waals surface area contributed by atoms with E-state index in [4.69, 9.17) is 23.2 Å². The van der Waals surface area contributed by atoms with Gasteiger partial charge in [-0.1, -0.05) is 23.2 Å². The quantitative estimate of drug-likeness (QED) is 0.882. The largest absolute Gasteiger partial charge is 0.342 e. The molecule has 9 heteroatoms. The van der Waals surface area contributed by atoms with Gasteiger partial charge in [0, 0.05) is 5.02 Å². The van der Waals surface area contributed by atoms with Gasteiger partial charge in [0.15, 0.2) is 0 Å². The first-order valence-corrected chi connectivity index (χ1v) is 6.76. The summed E-state index contributed by atoms with van der Waals surface area (Å²) in [7, 11) is 0. The van der Waals surface area contributed by atoms with E-state index in [9.17, 15) is 9.59 Å². The summed E-state index contributed by atoms with van der Waals surface area (Å²) >= 11 is 11.8. The molecule has 0 radical (unpaired) electrons. The van der Waals surface area contributed by atoms with E-state index in [1.54, 1.807) is 12.1 Å². The first kappa shape index (κ1) is 13.8. The molecule has 1 amide bonds. The Morgan fingerprint density at radius 1 is 1.43 bits per heavy atom. The molecule has 1 aliphatic heterocycles. The minimum Gasteiger partial charge on any atom is -0.342 e. The minimum atomic E-state index is -0.735. The van der Waals surface area contributed by atoms with Crippen molar-refractivity contribution in [3.05, 3.63) is 34.6 Å². The maximum Gasteiger partial charge on any atom is 0.252 e. The third kappa shape index (κ3) is 2.70. The first-order valence-electron chi connectivity index (χ1n) is 6.00. The number of hydrogen-bond acceptors (Lipinski definition) is 5. The molecular weight excluding hydrogens is 317 g/mol. The summed E-state index contributed by atoms with van der Waals surface area (Å²) in [6, 6.07) is 3.99. The Hall–Kier alpha value is -2.12. The summed E-state index contributed by atoms with van der Waals surface area (Å²) in [5.74, 6) is -0.445. The van der Waals surface area contributed by atoms with Gasteiger partial charge in [-0.3, -0.25) is 9.59 Å². The Morgan fingerprint density at radius 2 is 2.24 bits per heavy atom. The van der Waals surface area contributed by atoms with Crippen molar-refractivity contribution in [2.24, 2.45) is 0 Å². The van der Waals surface area contributed by atoms with Crippen LogP contribution in [0.3, 0.4) is 0 Å². The normalized spacial score (nSPS) is 17.0. The topological polar surface area (TPSA) is 88.9 Å². The summed E-state index contributed by atoms with van der Waals surface area (Å²) in [5.41, 5.74) is 0.423. The van der Waals surface area contributed by atoms with Crippen molar-refractivity contribution in [3.8, 4) is 0 Å². The lowest BCUT2D eigenvalue weighted by atomic mass is 10.1. The van der Waals surface area contributed by atoms with E-state index >= 15 is 0 Å². The molecule has 3 rings (SSSR count). The maximum atomic E-state index is 12.2. The van der Waals surface area contributed by atoms with E-state index in [1.165, 1.54) is 12.4 Å². The van der Waals surface area contributed by atoms with Gasteiger partial charge in [0.05, 0.1) is 17.1 Å². The van der Waals surface area contributed by atoms with Crippen molar-refractivity contribution in [3.63, 3.8) is 0 Å². The monoisotopic (exact) mass is 325 g/mol. The molecule has 0 saturated heterocycles. The van der Waals surface area contributed by atoms with E-state index in [2.05, 4.69) is 20.7 Å². The van der Waals surface area contributed by atoms with Crippen molar-refractivity contribution >= 4 is 46.7 Å². The van der Waals surface area contributed by atoms with Gasteiger partial charge >= 0.3 is 0 Å². The highest BCUT2D eigenvalue weighted by Crippen LogP contribution is 2.26. The number of fused-ring (bicyclic) bond motifs is 1. The molecule has 0 aliphatic carbocycles. The van der Waals surface area contributed by atoms with Crippen LogP contribution >= 0.6 is 23.2 Å². The van der Waals surface area contributed by atoms with Gasteiger partial charge in [-0.15, -0.1) is 0 Å². The summed E-state index contributed by atoms with van der Waals surface area (Å²) < 4.78 is 1.12. The molecule has 0 fully saturated rings. The second kappa shape index (κ2) is 5.34. The van der Waals surface area contributed by atoms with Gasteiger partial charge < -0.3 is 10.6 Å². The molecule has 7 nitrogen and oxygen atoms in total. The van der Waals surface area contributed by atoms with Crippen LogP contribution in [0.2, 0.25) is 10.0 Å². The fourth-order valence-electron chi connectivity index (χ4n) is 1.96. The van der Waals surface area contributed by atoms with E-state index in [1.807, 2.05) is 0 Å². The highest BCUT2D eigenvalue weighted by atomic mass is 35.5. The molecule has 1 aromatic heterocycles. The summed E-state index contributed by atoms with van der Waals surface area (Å²) in [4.78, 5) is 27.9. The van der Waals surface area contributed by atoms with Crippen LogP contribution in [0.4, 0.5) is 11.6 Å². The molecule has 0 spiro atoms. The van der Waals surface area contributed by atoms with Gasteiger partial charge in [-0.2, -0.15) is 14.8 Å². The van der Waals surface area contributed by atoms with Crippen LogP contribution in [0.5, 0.6) is 0 Å². The molecule has 0 saturated carbocycles. The number of benzene rings is 1. The summed E-state index contributed by atoms with van der Waals surface area (Å²) in [5, 5.41) is 10.0. The molecule has 2 N–H and O–H groups in total. The van der Waals surface area contributed by atoms with Gasteiger partial charge in [-0.05, 0) is 18.2 Å². The Morgan fingerprint density at radius 3 is 3.00 bits per heavy atom. The lowest BCUT2D eigenvalue weighted by Gasteiger charge is -2.22. The third-order valence-corrected chi connectivity index (χ3v) is 3.52. The van der Waals surface area contributed by atoms with E-state index < -0.39 is 6.04 Å². The van der Waals surface area contributed by atoms with Crippen molar-refractivity contribution in [1.29, 1.82) is 0 Å². The number of aromatic nitrogens is 3. The molecule has 2 heterocycles. The molecule has 1 aliphatic rings. The molecule has 1 atom stereocenters. The van der Waals surface area contributed by atoms with E-state index in [0.717, 1.165) is 4.68 Å². The molecule has 21 heavy (non-hydrogen) atoms. The number of anilines is 2. The SMILES string of the molecule is O=C(Nc1ccc(Cl)cc1Cl)[C@H]1CC(=O)n2ncnc2N1.